The molecule has 0 aliphatic heterocycles. The zero-order valence-electron chi connectivity index (χ0n) is 6.66. The third-order valence-electron chi connectivity index (χ3n) is 2.99. The van der Waals surface area contributed by atoms with Gasteiger partial charge in [-0.3, -0.25) is 0 Å². The second-order valence-electron chi connectivity index (χ2n) is 3.63. The largest absolute Gasteiger partial charge is 0.389 e. The van der Waals surface area contributed by atoms with E-state index in [2.05, 4.69) is 6.58 Å². The van der Waals surface area contributed by atoms with Gasteiger partial charge in [-0.15, -0.1) is 0 Å². The molecule has 0 aromatic rings. The molecule has 0 saturated heterocycles. The summed E-state index contributed by atoms with van der Waals surface area (Å²) < 4.78 is 0. The van der Waals surface area contributed by atoms with E-state index in [1.54, 1.807) is 0 Å². The van der Waals surface area contributed by atoms with Crippen LogP contribution in [0.2, 0.25) is 0 Å². The minimum absolute atomic E-state index is 0.201. The van der Waals surface area contributed by atoms with E-state index >= 15 is 0 Å². The molecule has 0 heterocycles. The van der Waals surface area contributed by atoms with Crippen molar-refractivity contribution in [3.8, 4) is 0 Å². The van der Waals surface area contributed by atoms with Crippen molar-refractivity contribution in [2.24, 2.45) is 11.8 Å². The summed E-state index contributed by atoms with van der Waals surface area (Å²) in [5.74, 6) is 1.06. The van der Waals surface area contributed by atoms with Gasteiger partial charge in [0.05, 0.1) is 6.10 Å². The van der Waals surface area contributed by atoms with Crippen molar-refractivity contribution in [1.82, 2.24) is 0 Å². The highest BCUT2D eigenvalue weighted by molar-refractivity contribution is 5.26. The molecule has 1 saturated carbocycles. The van der Waals surface area contributed by atoms with Gasteiger partial charge in [-0.1, -0.05) is 30.7 Å². The third-order valence-corrected chi connectivity index (χ3v) is 2.99. The lowest BCUT2D eigenvalue weighted by Gasteiger charge is -2.27. The van der Waals surface area contributed by atoms with Crippen molar-refractivity contribution in [2.75, 3.05) is 0 Å². The van der Waals surface area contributed by atoms with Crippen molar-refractivity contribution < 1.29 is 5.11 Å². The van der Waals surface area contributed by atoms with Gasteiger partial charge < -0.3 is 5.11 Å². The number of aliphatic hydroxyl groups excluding tert-OH is 1. The first-order chi connectivity index (χ1) is 5.29. The van der Waals surface area contributed by atoms with Gasteiger partial charge in [0.15, 0.2) is 0 Å². The molecule has 3 atom stereocenters. The molecule has 1 heteroatoms. The molecule has 1 unspecified atom stereocenters. The van der Waals surface area contributed by atoms with Crippen LogP contribution in [0, 0.1) is 11.8 Å². The maximum absolute atomic E-state index is 9.57. The van der Waals surface area contributed by atoms with E-state index < -0.39 is 0 Å². The van der Waals surface area contributed by atoms with E-state index in [1.807, 2.05) is 12.2 Å². The lowest BCUT2D eigenvalue weighted by molar-refractivity contribution is 0.132. The number of aliphatic hydroxyl groups is 1. The molecule has 60 valence electrons. The molecule has 2 rings (SSSR count). The Morgan fingerprint density at radius 3 is 3.00 bits per heavy atom. The van der Waals surface area contributed by atoms with Crippen LogP contribution in [0.3, 0.4) is 0 Å². The normalized spacial score (nSPS) is 42.6. The summed E-state index contributed by atoms with van der Waals surface area (Å²) in [5, 5.41) is 9.57. The Morgan fingerprint density at radius 2 is 2.27 bits per heavy atom. The smallest absolute Gasteiger partial charge is 0.0758 e. The Morgan fingerprint density at radius 1 is 1.45 bits per heavy atom. The maximum atomic E-state index is 9.57. The zero-order valence-corrected chi connectivity index (χ0v) is 6.66. The first-order valence-electron chi connectivity index (χ1n) is 4.34. The molecule has 2 aliphatic rings. The van der Waals surface area contributed by atoms with E-state index in [0.717, 1.165) is 0 Å². The van der Waals surface area contributed by atoms with Gasteiger partial charge in [0.1, 0.15) is 0 Å². The van der Waals surface area contributed by atoms with Crippen molar-refractivity contribution in [1.29, 1.82) is 0 Å². The monoisotopic (exact) mass is 150 g/mol. The highest BCUT2D eigenvalue weighted by atomic mass is 16.3. The lowest BCUT2D eigenvalue weighted by Crippen LogP contribution is -2.25. The highest BCUT2D eigenvalue weighted by Gasteiger charge is 2.34. The summed E-state index contributed by atoms with van der Waals surface area (Å²) in [5.41, 5.74) is 1.22. The summed E-state index contributed by atoms with van der Waals surface area (Å²) in [6.07, 6.45) is 7.33. The average molecular weight is 150 g/mol. The summed E-state index contributed by atoms with van der Waals surface area (Å²) in [6.45, 7) is 3.99. The molecular weight excluding hydrogens is 136 g/mol. The van der Waals surface area contributed by atoms with Crippen LogP contribution >= 0.6 is 0 Å². The summed E-state index contributed by atoms with van der Waals surface area (Å²) in [4.78, 5) is 0. The number of fused-ring (bicyclic) bond motifs is 1. The lowest BCUT2D eigenvalue weighted by atomic mass is 9.81. The molecule has 1 nitrogen and oxygen atoms in total. The molecular formula is C10H14O. The van der Waals surface area contributed by atoms with Crippen LogP contribution in [-0.2, 0) is 0 Å². The maximum Gasteiger partial charge on any atom is 0.0758 e. The van der Waals surface area contributed by atoms with E-state index in [4.69, 9.17) is 0 Å². The van der Waals surface area contributed by atoms with Crippen molar-refractivity contribution >= 4 is 0 Å². The second kappa shape index (κ2) is 2.49. The fourth-order valence-corrected chi connectivity index (χ4v) is 2.35. The SMILES string of the molecule is C=C1C=CC(O)[C@@H]2CCC[C@H]12. The van der Waals surface area contributed by atoms with Crippen LogP contribution in [0.15, 0.2) is 24.3 Å². The molecule has 1 fully saturated rings. The minimum Gasteiger partial charge on any atom is -0.389 e. The van der Waals surface area contributed by atoms with Crippen LogP contribution in [0.1, 0.15) is 19.3 Å². The van der Waals surface area contributed by atoms with Crippen molar-refractivity contribution in [2.45, 2.75) is 25.4 Å². The van der Waals surface area contributed by atoms with Gasteiger partial charge in [0.25, 0.3) is 0 Å². The van der Waals surface area contributed by atoms with E-state index in [-0.39, 0.29) is 6.10 Å². The number of rotatable bonds is 0. The minimum atomic E-state index is -0.201. The van der Waals surface area contributed by atoms with Gasteiger partial charge in [-0.2, -0.15) is 0 Å². The van der Waals surface area contributed by atoms with Crippen LogP contribution < -0.4 is 0 Å². The van der Waals surface area contributed by atoms with Gasteiger partial charge in [-0.25, -0.2) is 0 Å². The molecule has 0 aromatic carbocycles. The van der Waals surface area contributed by atoms with Crippen molar-refractivity contribution in [3.05, 3.63) is 24.3 Å². The van der Waals surface area contributed by atoms with E-state index in [0.29, 0.717) is 11.8 Å². The van der Waals surface area contributed by atoms with E-state index in [9.17, 15) is 5.11 Å². The van der Waals surface area contributed by atoms with Gasteiger partial charge in [0, 0.05) is 0 Å². The van der Waals surface area contributed by atoms with Gasteiger partial charge in [-0.05, 0) is 24.7 Å². The Labute approximate surface area is 67.4 Å². The Kier molecular flexibility index (Phi) is 1.61. The first kappa shape index (κ1) is 7.11. The second-order valence-corrected chi connectivity index (χ2v) is 3.63. The molecule has 0 amide bonds. The van der Waals surface area contributed by atoms with Crippen molar-refractivity contribution in [3.63, 3.8) is 0 Å². The van der Waals surface area contributed by atoms with Gasteiger partial charge in [0.2, 0.25) is 0 Å². The third kappa shape index (κ3) is 1.04. The summed E-state index contributed by atoms with van der Waals surface area (Å²) in [6, 6.07) is 0. The number of hydrogen-bond donors (Lipinski definition) is 1. The molecule has 1 N–H and O–H groups in total. The Bertz CT molecular complexity index is 205. The summed E-state index contributed by atoms with van der Waals surface area (Å²) >= 11 is 0. The molecule has 2 aliphatic carbocycles. The Balaban J connectivity index is 2.25. The summed E-state index contributed by atoms with van der Waals surface area (Å²) in [7, 11) is 0. The van der Waals surface area contributed by atoms with Crippen LogP contribution in [0.5, 0.6) is 0 Å². The highest BCUT2D eigenvalue weighted by Crippen LogP contribution is 2.41. The predicted molar refractivity (Wildman–Crippen MR) is 45.1 cm³/mol. The molecule has 11 heavy (non-hydrogen) atoms. The molecule has 0 spiro atoms. The standard InChI is InChI=1S/C10H14O/c1-7-5-6-10(11)9-4-2-3-8(7)9/h5-6,8-11H,1-4H2/t8-,9-,10?/m1/s1. The van der Waals surface area contributed by atoms with Crippen LogP contribution in [-0.4, -0.2) is 11.2 Å². The van der Waals surface area contributed by atoms with Crippen LogP contribution in [0.4, 0.5) is 0 Å². The predicted octanol–water partition coefficient (Wildman–Crippen LogP) is 1.89. The number of allylic oxidation sites excluding steroid dienone is 2. The fourth-order valence-electron chi connectivity index (χ4n) is 2.35. The Hall–Kier alpha value is -0.560. The first-order valence-corrected chi connectivity index (χ1v) is 4.34. The van der Waals surface area contributed by atoms with E-state index in [1.165, 1.54) is 24.8 Å². The van der Waals surface area contributed by atoms with Gasteiger partial charge >= 0.3 is 0 Å². The molecule has 0 radical (unpaired) electrons. The molecule has 0 aromatic heterocycles. The quantitative estimate of drug-likeness (QED) is 0.559. The number of hydrogen-bond acceptors (Lipinski definition) is 1. The fraction of sp³-hybridized carbons (Fsp3) is 0.600. The zero-order chi connectivity index (χ0) is 7.84. The molecule has 0 bridgehead atoms. The van der Waals surface area contributed by atoms with Crippen LogP contribution in [0.25, 0.3) is 0 Å². The topological polar surface area (TPSA) is 20.2 Å². The average Bonchev–Trinajstić information content (AvgIpc) is 2.45.